The Bertz CT molecular complexity index is 1930. The quantitative estimate of drug-likeness (QED) is 0.0645. The molecule has 0 aliphatic carbocycles. The van der Waals surface area contributed by atoms with E-state index in [-0.39, 0.29) is 11.9 Å². The molecule has 0 radical (unpaired) electrons. The van der Waals surface area contributed by atoms with Crippen molar-refractivity contribution in [2.45, 2.75) is 149 Å². The molecule has 0 saturated heterocycles. The highest BCUT2D eigenvalue weighted by Gasteiger charge is 2.30. The number of hydrogen-bond donors (Lipinski definition) is 2. The molecule has 0 atom stereocenters. The standard InChI is InChI=1S/C19H29BrO3.C15H21BrO3.C11H21ClO2.C8H9BrO/c1-13(2)12-23-18(21)19(5,6)8-7-9-22-17-11-14(3)16(20)10-15(17)4;1-10-9-13(11(2)8-12(10)16)19-7-5-6-15(3,4)14(17)18;1-9(2)8-14-10(13)11(3,4)6-5-7-12;1-5-4-8(10)6(2)3-7(5)9/h10-11,13H,7-9,12H2,1-6H3;8-9H,5-7H2,1-4H3,(H,17,18);9H,5-8H2,1-4H3;3-4,10H,1-2H3. The van der Waals surface area contributed by atoms with Gasteiger partial charge in [0.25, 0.3) is 0 Å². The molecule has 0 heterocycles. The number of alkyl halides is 1. The fourth-order valence-corrected chi connectivity index (χ4v) is 7.18. The fourth-order valence-electron chi connectivity index (χ4n) is 5.67. The van der Waals surface area contributed by atoms with E-state index in [9.17, 15) is 19.5 Å². The van der Waals surface area contributed by atoms with Crippen molar-refractivity contribution in [2.75, 3.05) is 32.3 Å². The van der Waals surface area contributed by atoms with Gasteiger partial charge in [0.2, 0.25) is 0 Å². The maximum atomic E-state index is 12.1. The van der Waals surface area contributed by atoms with Crippen molar-refractivity contribution in [3.05, 3.63) is 83.2 Å². The van der Waals surface area contributed by atoms with Crippen molar-refractivity contribution in [3.63, 3.8) is 0 Å². The predicted octanol–water partition coefficient (Wildman–Crippen LogP) is 15.8. The topological polar surface area (TPSA) is 129 Å². The maximum absolute atomic E-state index is 12.1. The smallest absolute Gasteiger partial charge is 0.311 e. The Balaban J connectivity index is 0.000000889. The normalized spacial score (nSPS) is 11.4. The van der Waals surface area contributed by atoms with Crippen molar-refractivity contribution in [2.24, 2.45) is 28.1 Å². The van der Waals surface area contributed by atoms with Gasteiger partial charge in [0.1, 0.15) is 17.2 Å². The number of carboxylic acids is 1. The average molecular weight is 1140 g/mol. The average Bonchev–Trinajstić information content (AvgIpc) is 3.21. The van der Waals surface area contributed by atoms with Crippen LogP contribution in [0.2, 0.25) is 0 Å². The van der Waals surface area contributed by atoms with Crippen molar-refractivity contribution >= 4 is 77.3 Å². The number of phenols is 1. The molecule has 0 fully saturated rings. The third-order valence-electron chi connectivity index (χ3n) is 10.5. The summed E-state index contributed by atoms with van der Waals surface area (Å²) in [5.74, 6) is 2.49. The van der Waals surface area contributed by atoms with Gasteiger partial charge in [-0.3, -0.25) is 14.4 Å². The third kappa shape index (κ3) is 25.0. The highest BCUT2D eigenvalue weighted by Crippen LogP contribution is 2.30. The zero-order valence-corrected chi connectivity index (χ0v) is 48.2. The Morgan fingerprint density at radius 3 is 1.21 bits per heavy atom. The molecule has 374 valence electrons. The Morgan fingerprint density at radius 2 is 0.879 bits per heavy atom. The lowest BCUT2D eigenvalue weighted by Crippen LogP contribution is -2.28. The fraction of sp³-hybridized carbons (Fsp3) is 0.604. The number of aliphatic carboxylic acids is 1. The van der Waals surface area contributed by atoms with Gasteiger partial charge in [-0.15, -0.1) is 11.6 Å². The van der Waals surface area contributed by atoms with Crippen LogP contribution in [0, 0.1) is 69.6 Å². The molecule has 3 aromatic rings. The van der Waals surface area contributed by atoms with Crippen LogP contribution in [0.4, 0.5) is 0 Å². The highest BCUT2D eigenvalue weighted by atomic mass is 79.9. The number of ether oxygens (including phenoxy) is 4. The molecule has 13 heteroatoms. The van der Waals surface area contributed by atoms with Gasteiger partial charge in [-0.2, -0.15) is 0 Å². The lowest BCUT2D eigenvalue weighted by Gasteiger charge is -2.23. The van der Waals surface area contributed by atoms with Crippen molar-refractivity contribution in [3.8, 4) is 17.2 Å². The molecule has 3 rings (SSSR count). The first-order valence-corrected chi connectivity index (χ1v) is 25.7. The second-order valence-electron chi connectivity index (χ2n) is 19.8. The van der Waals surface area contributed by atoms with Gasteiger partial charge in [-0.1, -0.05) is 75.5 Å². The van der Waals surface area contributed by atoms with Crippen LogP contribution in [-0.4, -0.2) is 60.4 Å². The minimum Gasteiger partial charge on any atom is -0.508 e. The van der Waals surface area contributed by atoms with Crippen molar-refractivity contribution in [1.82, 2.24) is 0 Å². The van der Waals surface area contributed by atoms with Gasteiger partial charge in [-0.25, -0.2) is 0 Å². The molecular formula is C53H80Br3ClO9. The van der Waals surface area contributed by atoms with Crippen molar-refractivity contribution < 1.29 is 43.5 Å². The number of aryl methyl sites for hydroxylation is 6. The largest absolute Gasteiger partial charge is 0.508 e. The van der Waals surface area contributed by atoms with Gasteiger partial charge in [0, 0.05) is 19.3 Å². The monoisotopic (exact) mass is 1130 g/mol. The third-order valence-corrected chi connectivity index (χ3v) is 13.3. The van der Waals surface area contributed by atoms with Crippen LogP contribution in [0.15, 0.2) is 49.8 Å². The first-order valence-electron chi connectivity index (χ1n) is 22.8. The molecule has 0 aliphatic rings. The maximum Gasteiger partial charge on any atom is 0.311 e. The summed E-state index contributed by atoms with van der Waals surface area (Å²) in [6, 6.07) is 11.8. The summed E-state index contributed by atoms with van der Waals surface area (Å²) in [6.07, 6.45) is 4.54. The Hall–Kier alpha value is -2.80. The lowest BCUT2D eigenvalue weighted by molar-refractivity contribution is -0.156. The van der Waals surface area contributed by atoms with Gasteiger partial charge in [0.05, 0.1) is 42.7 Å². The number of aromatic hydroxyl groups is 1. The number of benzene rings is 3. The predicted molar refractivity (Wildman–Crippen MR) is 282 cm³/mol. The first kappa shape index (κ1) is 63.2. The van der Waals surface area contributed by atoms with Crippen LogP contribution in [-0.2, 0) is 23.9 Å². The molecule has 0 bridgehead atoms. The molecule has 0 saturated carbocycles. The lowest BCUT2D eigenvalue weighted by atomic mass is 9.88. The number of hydrogen-bond acceptors (Lipinski definition) is 8. The molecule has 66 heavy (non-hydrogen) atoms. The van der Waals surface area contributed by atoms with E-state index in [4.69, 9.17) is 35.7 Å². The van der Waals surface area contributed by atoms with E-state index >= 15 is 0 Å². The number of carbonyl (C=O) groups excluding carboxylic acids is 2. The summed E-state index contributed by atoms with van der Waals surface area (Å²) in [5.41, 5.74) is 4.88. The van der Waals surface area contributed by atoms with E-state index < -0.39 is 22.2 Å². The van der Waals surface area contributed by atoms with Gasteiger partial charge < -0.3 is 29.2 Å². The number of carboxylic acid groups (broad SMARTS) is 1. The number of halogens is 4. The Morgan fingerprint density at radius 1 is 0.545 bits per heavy atom. The van der Waals surface area contributed by atoms with Gasteiger partial charge in [0.15, 0.2) is 0 Å². The SMILES string of the molecule is CC(C)COC(=O)C(C)(C)CCCCl.Cc1cc(Br)c(C)cc1O.Cc1cc(OCCCC(C)(C)C(=O)O)c(C)cc1Br.Cc1cc(OCCCC(C)(C)C(=O)OCC(C)C)c(C)cc1Br. The summed E-state index contributed by atoms with van der Waals surface area (Å²) in [4.78, 5) is 34.7. The van der Waals surface area contributed by atoms with Gasteiger partial charge >= 0.3 is 17.9 Å². The first-order chi connectivity index (χ1) is 30.4. The number of rotatable bonds is 20. The van der Waals surface area contributed by atoms with Crippen LogP contribution >= 0.6 is 59.4 Å². The summed E-state index contributed by atoms with van der Waals surface area (Å²) in [5, 5.41) is 18.2. The molecule has 0 spiro atoms. The Labute approximate surface area is 428 Å². The van der Waals surface area contributed by atoms with E-state index in [2.05, 4.69) is 53.9 Å². The molecule has 0 unspecified atom stereocenters. The zero-order valence-electron chi connectivity index (χ0n) is 42.7. The number of esters is 2. The second kappa shape index (κ2) is 30.6. The molecule has 9 nitrogen and oxygen atoms in total. The zero-order chi connectivity index (χ0) is 51.2. The second-order valence-corrected chi connectivity index (χ2v) is 22.7. The summed E-state index contributed by atoms with van der Waals surface area (Å²) in [7, 11) is 0. The number of carbonyl (C=O) groups is 3. The van der Waals surface area contributed by atoms with E-state index in [1.807, 2.05) is 121 Å². The van der Waals surface area contributed by atoms with Crippen LogP contribution in [0.1, 0.15) is 141 Å². The van der Waals surface area contributed by atoms with Crippen molar-refractivity contribution in [1.29, 1.82) is 0 Å². The van der Waals surface area contributed by atoms with Gasteiger partial charge in [-0.05, 0) is 203 Å². The Kier molecular flexibility index (Phi) is 29.3. The molecule has 3 aromatic carbocycles. The molecule has 0 aliphatic heterocycles. The minimum atomic E-state index is -0.761. The van der Waals surface area contributed by atoms with Crippen LogP contribution in [0.3, 0.4) is 0 Å². The minimum absolute atomic E-state index is 0.115. The van der Waals surface area contributed by atoms with Crippen LogP contribution in [0.25, 0.3) is 0 Å². The van der Waals surface area contributed by atoms with E-state index in [0.29, 0.717) is 56.3 Å². The molecular weight excluding hydrogens is 1060 g/mol. The number of phenolic OH excluding ortho intramolecular Hbond substituents is 1. The highest BCUT2D eigenvalue weighted by molar-refractivity contribution is 9.11. The molecule has 0 amide bonds. The van der Waals surface area contributed by atoms with E-state index in [1.54, 1.807) is 19.9 Å². The summed E-state index contributed by atoms with van der Waals surface area (Å²) < 4.78 is 25.3. The summed E-state index contributed by atoms with van der Waals surface area (Å²) >= 11 is 16.0. The molecule has 0 aromatic heterocycles. The van der Waals surface area contributed by atoms with Crippen LogP contribution in [0.5, 0.6) is 17.2 Å². The summed E-state index contributed by atoms with van der Waals surface area (Å²) in [6.45, 7) is 33.3. The van der Waals surface area contributed by atoms with E-state index in [1.165, 1.54) is 0 Å². The van der Waals surface area contributed by atoms with Crippen LogP contribution < -0.4 is 9.47 Å². The molecule has 2 N–H and O–H groups in total. The van der Waals surface area contributed by atoms with E-state index in [0.717, 1.165) is 90.4 Å².